The lowest BCUT2D eigenvalue weighted by molar-refractivity contribution is 1.19. The average molecular weight is 1310 g/mol. The molecule has 0 saturated carbocycles. The van der Waals surface area contributed by atoms with E-state index in [4.69, 9.17) is 0 Å². The third kappa shape index (κ3) is 6.94. The molecule has 0 saturated heterocycles. The molecule has 8 aliphatic rings. The van der Waals surface area contributed by atoms with E-state index in [9.17, 15) is 0 Å². The molecular formula is C96H56B4N4. The van der Waals surface area contributed by atoms with Gasteiger partial charge in [0.15, 0.2) is 0 Å². The van der Waals surface area contributed by atoms with E-state index in [1.807, 2.05) is 0 Å². The molecule has 8 heteroatoms. The largest absolute Gasteiger partial charge is 0.311 e. The van der Waals surface area contributed by atoms with Gasteiger partial charge >= 0.3 is 0 Å². The molecule has 20 aromatic rings. The Kier molecular flexibility index (Phi) is 10.9. The monoisotopic (exact) mass is 1310 g/mol. The van der Waals surface area contributed by atoms with E-state index in [2.05, 4.69) is 358 Å². The van der Waals surface area contributed by atoms with Crippen molar-refractivity contribution in [2.75, 3.05) is 4.90 Å². The predicted octanol–water partition coefficient (Wildman–Crippen LogP) is 14.8. The van der Waals surface area contributed by atoms with Crippen molar-refractivity contribution in [2.24, 2.45) is 0 Å². The maximum atomic E-state index is 2.53. The molecule has 0 unspecified atom stereocenters. The molecule has 0 atom stereocenters. The van der Waals surface area contributed by atoms with Crippen LogP contribution in [0.2, 0.25) is 0 Å². The Morgan fingerprint density at radius 1 is 0.183 bits per heavy atom. The van der Waals surface area contributed by atoms with Gasteiger partial charge in [0.2, 0.25) is 26.9 Å². The van der Waals surface area contributed by atoms with Crippen molar-refractivity contribution in [3.8, 4) is 55.9 Å². The molecule has 0 fully saturated rings. The van der Waals surface area contributed by atoms with Gasteiger partial charge in [0, 0.05) is 93.6 Å². The predicted molar refractivity (Wildman–Crippen MR) is 444 cm³/mol. The smallest absolute Gasteiger partial charge is 0.249 e. The zero-order valence-corrected chi connectivity index (χ0v) is 56.4. The van der Waals surface area contributed by atoms with Gasteiger partial charge in [-0.25, -0.2) is 0 Å². The Hall–Kier alpha value is -13.0. The van der Waals surface area contributed by atoms with Crippen LogP contribution in [0.5, 0.6) is 0 Å². The second kappa shape index (κ2) is 20.4. The Balaban J connectivity index is 0.0000000808. The Morgan fingerprint density at radius 2 is 0.548 bits per heavy atom. The molecule has 0 spiro atoms. The molecule has 0 amide bonds. The van der Waals surface area contributed by atoms with E-state index in [1.165, 1.54) is 220 Å². The van der Waals surface area contributed by atoms with Gasteiger partial charge < -0.3 is 18.4 Å². The van der Waals surface area contributed by atoms with Crippen molar-refractivity contribution in [1.82, 2.24) is 13.5 Å². The zero-order chi connectivity index (χ0) is 67.3. The van der Waals surface area contributed by atoms with Gasteiger partial charge in [-0.1, -0.05) is 313 Å². The van der Waals surface area contributed by atoms with E-state index in [0.29, 0.717) is 26.9 Å². The number of para-hydroxylation sites is 8. The number of rotatable bonds is 2. The molecule has 0 aliphatic carbocycles. The highest BCUT2D eigenvalue weighted by molar-refractivity contribution is 7.05. The van der Waals surface area contributed by atoms with Gasteiger partial charge in [0.25, 0.3) is 0 Å². The molecule has 28 rings (SSSR count). The average Bonchev–Trinajstić information content (AvgIpc) is 1.53. The Morgan fingerprint density at radius 3 is 1.15 bits per heavy atom. The maximum absolute atomic E-state index is 2.53. The summed E-state index contributed by atoms with van der Waals surface area (Å²) in [4.78, 5) is 2.45. The molecule has 0 radical (unpaired) electrons. The first-order chi connectivity index (χ1) is 51.7. The normalized spacial score (nSPS) is 13.5. The topological polar surface area (TPSA) is 17.5 Å². The summed E-state index contributed by atoms with van der Waals surface area (Å²) in [5, 5.41) is 10.9. The Labute approximate surface area is 601 Å². The van der Waals surface area contributed by atoms with Crippen LogP contribution >= 0.6 is 0 Å². The van der Waals surface area contributed by atoms with Gasteiger partial charge in [-0.3, -0.25) is 0 Å². The molecular weight excluding hydrogens is 1250 g/mol. The number of aromatic nitrogens is 3. The van der Waals surface area contributed by atoms with Crippen LogP contribution in [0.25, 0.3) is 138 Å². The number of fused-ring (bicyclic) bond motifs is 21. The van der Waals surface area contributed by atoms with Crippen LogP contribution in [0.1, 0.15) is 0 Å². The van der Waals surface area contributed by atoms with Crippen LogP contribution in [0.3, 0.4) is 0 Å². The second-order valence-electron chi connectivity index (χ2n) is 29.4. The fraction of sp³-hybridized carbons (Fsp3) is 0. The molecule has 104 heavy (non-hydrogen) atoms. The zero-order valence-electron chi connectivity index (χ0n) is 56.4. The quantitative estimate of drug-likeness (QED) is 0.158. The first-order valence-electron chi connectivity index (χ1n) is 36.7. The van der Waals surface area contributed by atoms with Crippen molar-refractivity contribution in [2.45, 2.75) is 0 Å². The highest BCUT2D eigenvalue weighted by atomic mass is 15.2. The highest BCUT2D eigenvalue weighted by Gasteiger charge is 2.49. The minimum Gasteiger partial charge on any atom is -0.311 e. The van der Waals surface area contributed by atoms with Crippen molar-refractivity contribution in [3.63, 3.8) is 0 Å². The minimum absolute atomic E-state index is 0.292. The van der Waals surface area contributed by atoms with Gasteiger partial charge in [-0.05, 0) is 137 Å². The molecule has 0 N–H and O–H groups in total. The van der Waals surface area contributed by atoms with E-state index < -0.39 is 0 Å². The molecule has 0 bridgehead atoms. The fourth-order valence-corrected chi connectivity index (χ4v) is 21.1. The summed E-state index contributed by atoms with van der Waals surface area (Å²) in [7, 11) is 0. The SMILES string of the molecule is c1ccc(B2c3cccc4c5cccc6c7cccc2c7n(c34)c56)cc1.c1ccc(N2c3cccc4c3B3c5c-4cccc5-c4cccc2c43)cc1.c1ccc2c(c1)B1c3c-2cccc3-n2c3ccccc3c3cccc1c32.c1ccc2c(c1)B1c3ccccc3-n3c4ccccc4c4ccc-2c1c43. The van der Waals surface area contributed by atoms with Crippen LogP contribution < -0.4 is 70.5 Å². The molecule has 4 nitrogen and oxygen atoms in total. The van der Waals surface area contributed by atoms with Crippen molar-refractivity contribution >= 4 is 191 Å². The number of nitrogens with zero attached hydrogens (tertiary/aromatic N) is 4. The third-order valence-corrected chi connectivity index (χ3v) is 24.8. The van der Waals surface area contributed by atoms with Gasteiger partial charge in [0.05, 0.1) is 16.6 Å². The number of hydrogen-bond donors (Lipinski definition) is 0. The van der Waals surface area contributed by atoms with Crippen LogP contribution in [0, 0.1) is 0 Å². The first-order valence-corrected chi connectivity index (χ1v) is 36.7. The fourth-order valence-electron chi connectivity index (χ4n) is 21.1. The van der Waals surface area contributed by atoms with Gasteiger partial charge in [-0.2, -0.15) is 0 Å². The lowest BCUT2D eigenvalue weighted by Crippen LogP contribution is -2.54. The lowest BCUT2D eigenvalue weighted by atomic mass is 9.36. The summed E-state index contributed by atoms with van der Waals surface area (Å²) in [5.74, 6) is 0. The maximum Gasteiger partial charge on any atom is 0.249 e. The van der Waals surface area contributed by atoms with Crippen LogP contribution in [0.4, 0.5) is 17.1 Å². The van der Waals surface area contributed by atoms with Crippen LogP contribution in [-0.4, -0.2) is 40.4 Å². The summed E-state index contributed by atoms with van der Waals surface area (Å²) in [6.07, 6.45) is 0. The summed E-state index contributed by atoms with van der Waals surface area (Å²) < 4.78 is 7.50. The number of hydrogen-bond acceptors (Lipinski definition) is 1. The summed E-state index contributed by atoms with van der Waals surface area (Å²) in [6.45, 7) is 1.38. The molecule has 4 aromatic heterocycles. The Bertz CT molecular complexity index is 7060. The molecule has 12 heterocycles. The summed E-state index contributed by atoms with van der Waals surface area (Å²) in [6, 6.07) is 125. The van der Waals surface area contributed by atoms with E-state index in [1.54, 1.807) is 0 Å². The highest BCUT2D eigenvalue weighted by Crippen LogP contribution is 2.47. The summed E-state index contributed by atoms with van der Waals surface area (Å²) in [5.41, 5.74) is 44.7. The lowest BCUT2D eigenvalue weighted by Gasteiger charge is -2.35. The van der Waals surface area contributed by atoms with Gasteiger partial charge in [0.1, 0.15) is 0 Å². The molecule has 8 aliphatic heterocycles. The van der Waals surface area contributed by atoms with E-state index >= 15 is 0 Å². The minimum atomic E-state index is 0.292. The van der Waals surface area contributed by atoms with Gasteiger partial charge in [-0.15, -0.1) is 0 Å². The number of benzene rings is 16. The van der Waals surface area contributed by atoms with E-state index in [-0.39, 0.29) is 0 Å². The van der Waals surface area contributed by atoms with Crippen LogP contribution in [-0.2, 0) is 0 Å². The van der Waals surface area contributed by atoms with Crippen LogP contribution in [0.15, 0.2) is 340 Å². The van der Waals surface area contributed by atoms with Crippen molar-refractivity contribution in [1.29, 1.82) is 0 Å². The van der Waals surface area contributed by atoms with Crippen molar-refractivity contribution < 1.29 is 0 Å². The third-order valence-electron chi connectivity index (χ3n) is 24.8. The second-order valence-corrected chi connectivity index (χ2v) is 29.4. The first kappa shape index (κ1) is 55.7. The number of anilines is 3. The molecule has 472 valence electrons. The van der Waals surface area contributed by atoms with Crippen molar-refractivity contribution in [3.05, 3.63) is 340 Å². The summed E-state index contributed by atoms with van der Waals surface area (Å²) >= 11 is 0. The van der Waals surface area contributed by atoms with E-state index in [0.717, 1.165) is 0 Å². The molecule has 16 aromatic carbocycles. The standard InChI is InChI=1S/4C24H14BN/c1-3-9-19-15(7-1)17-13-14-18-16-8-2-5-11-21(16)26-22-12-6-4-10-20(22)25(19)23(17)24(18)26;1-3-11-19-15(7-1)17-9-6-14-22-23(17)25(19)20-12-5-10-18-16-8-2-4-13-21(16)26(22)24(18)20;1-2-7-15(8-3-1)26-20-13-5-11-18-16-9-4-10-17-19-12-6-14-21(26)24(19)25(22(16)17)23(18)20;1-2-7-15(8-3-1)25-20-13-5-11-18-16-9-4-10-17-19-12-6-14-21(25)24(19)26(22(16)17)23(18)20/h4*1-14H.